The van der Waals surface area contributed by atoms with Crippen molar-refractivity contribution >= 4 is 35.6 Å². The van der Waals surface area contributed by atoms with Gasteiger partial charge in [-0.3, -0.25) is 14.5 Å². The predicted octanol–water partition coefficient (Wildman–Crippen LogP) is 0.899. The molecule has 0 unspecified atom stereocenters. The third-order valence-electron chi connectivity index (χ3n) is 4.25. The molecule has 1 fully saturated rings. The molecule has 0 spiro atoms. The number of anilines is 2. The van der Waals surface area contributed by atoms with Crippen LogP contribution in [0.3, 0.4) is 0 Å². The summed E-state index contributed by atoms with van der Waals surface area (Å²) < 4.78 is 19.8. The molecule has 0 aliphatic carbocycles. The number of rotatable bonds is 4. The molecule has 1 aromatic carbocycles. The molecule has 27 heavy (non-hydrogen) atoms. The number of hydrazone groups is 1. The third-order valence-corrected chi connectivity index (χ3v) is 4.25. The van der Waals surface area contributed by atoms with E-state index in [0.29, 0.717) is 24.5 Å². The van der Waals surface area contributed by atoms with Crippen LogP contribution in [0.15, 0.2) is 23.3 Å². The molecule has 3 amide bonds. The summed E-state index contributed by atoms with van der Waals surface area (Å²) in [5.74, 6) is -0.914. The Morgan fingerprint density at radius 2 is 2.11 bits per heavy atom. The molecule has 1 atom stereocenters. The fraction of sp³-hybridized carbons (Fsp3) is 0.412. The van der Waals surface area contributed by atoms with E-state index in [9.17, 15) is 18.8 Å². The zero-order chi connectivity index (χ0) is 19.6. The summed E-state index contributed by atoms with van der Waals surface area (Å²) in [6.07, 6.45) is 0.321. The van der Waals surface area contributed by atoms with Crippen LogP contribution < -0.4 is 15.1 Å². The minimum absolute atomic E-state index is 0.178. The monoisotopic (exact) mass is 377 g/mol. The van der Waals surface area contributed by atoms with Gasteiger partial charge in [0.2, 0.25) is 11.8 Å². The fourth-order valence-corrected chi connectivity index (χ4v) is 2.86. The maximum atomic E-state index is 14.6. The summed E-state index contributed by atoms with van der Waals surface area (Å²) in [7, 11) is 0. The number of ether oxygens (including phenoxy) is 1. The smallest absolute Gasteiger partial charge is 0.414 e. The van der Waals surface area contributed by atoms with E-state index in [1.807, 2.05) is 0 Å². The van der Waals surface area contributed by atoms with Crippen LogP contribution >= 0.6 is 0 Å². The topological polar surface area (TPSA) is 94.5 Å². The number of amides is 3. The number of carbonyl (C=O) groups excluding carboxylic acids is 3. The molecule has 144 valence electrons. The van der Waals surface area contributed by atoms with E-state index in [2.05, 4.69) is 10.4 Å². The molecule has 1 N–H and O–H groups in total. The molecule has 0 radical (unpaired) electrons. The Morgan fingerprint density at radius 1 is 1.33 bits per heavy atom. The highest BCUT2D eigenvalue weighted by molar-refractivity contribution is 5.91. The SMILES string of the molecule is CC(=O)NC[C@H]1CN(c2ccc(N3C=NN(C(C)=O)CC3)c(F)c2)C(=O)O1. The van der Waals surface area contributed by atoms with E-state index in [0.717, 1.165) is 0 Å². The second-order valence-electron chi connectivity index (χ2n) is 6.26. The van der Waals surface area contributed by atoms with Crippen LogP contribution in [0.5, 0.6) is 0 Å². The van der Waals surface area contributed by atoms with Crippen LogP contribution in [0.25, 0.3) is 0 Å². The summed E-state index contributed by atoms with van der Waals surface area (Å²) in [5, 5.41) is 7.88. The molecule has 2 heterocycles. The van der Waals surface area contributed by atoms with Crippen LogP contribution in [0.4, 0.5) is 20.6 Å². The van der Waals surface area contributed by atoms with E-state index in [4.69, 9.17) is 4.74 Å². The molecule has 2 aliphatic heterocycles. The lowest BCUT2D eigenvalue weighted by Gasteiger charge is -2.28. The number of halogens is 1. The maximum Gasteiger partial charge on any atom is 0.414 e. The minimum atomic E-state index is -0.589. The standard InChI is InChI=1S/C17H20FN5O4/c1-11(24)19-8-14-9-22(17(26)27-14)13-3-4-16(15(18)7-13)21-5-6-23(12(2)25)20-10-21/h3-4,7,10,14H,5-6,8-9H2,1-2H3,(H,19,24)/t14-/m0/s1. The van der Waals surface area contributed by atoms with Crippen LogP contribution in [-0.2, 0) is 14.3 Å². The van der Waals surface area contributed by atoms with Crippen molar-refractivity contribution in [1.82, 2.24) is 10.3 Å². The van der Waals surface area contributed by atoms with Crippen LogP contribution in [0, 0.1) is 5.82 Å². The number of hydrogen-bond donors (Lipinski definition) is 1. The van der Waals surface area contributed by atoms with Gasteiger partial charge in [0.05, 0.1) is 31.0 Å². The lowest BCUT2D eigenvalue weighted by atomic mass is 10.2. The minimum Gasteiger partial charge on any atom is -0.442 e. The van der Waals surface area contributed by atoms with Crippen LogP contribution in [0.1, 0.15) is 13.8 Å². The van der Waals surface area contributed by atoms with Crippen molar-refractivity contribution in [2.24, 2.45) is 5.10 Å². The summed E-state index contributed by atoms with van der Waals surface area (Å²) in [5.41, 5.74) is 0.666. The molecule has 9 nitrogen and oxygen atoms in total. The van der Waals surface area contributed by atoms with Crippen molar-refractivity contribution in [3.05, 3.63) is 24.0 Å². The van der Waals surface area contributed by atoms with Crippen molar-refractivity contribution in [2.75, 3.05) is 36.0 Å². The molecule has 3 rings (SSSR count). The molecule has 0 bridgehead atoms. The van der Waals surface area contributed by atoms with Crippen molar-refractivity contribution in [3.8, 4) is 0 Å². The molecule has 0 saturated carbocycles. The molecule has 10 heteroatoms. The van der Waals surface area contributed by atoms with Gasteiger partial charge in [0.15, 0.2) is 0 Å². The predicted molar refractivity (Wildman–Crippen MR) is 95.9 cm³/mol. The van der Waals surface area contributed by atoms with Gasteiger partial charge >= 0.3 is 6.09 Å². The average molecular weight is 377 g/mol. The summed E-state index contributed by atoms with van der Waals surface area (Å²) in [6, 6.07) is 4.42. The van der Waals surface area contributed by atoms with Crippen LogP contribution in [-0.4, -0.2) is 61.5 Å². The maximum absolute atomic E-state index is 14.6. The van der Waals surface area contributed by atoms with Crippen molar-refractivity contribution < 1.29 is 23.5 Å². The Bertz CT molecular complexity index is 800. The van der Waals surface area contributed by atoms with Gasteiger partial charge in [-0.1, -0.05) is 0 Å². The summed E-state index contributed by atoms with van der Waals surface area (Å²) >= 11 is 0. The van der Waals surface area contributed by atoms with Gasteiger partial charge in [0, 0.05) is 20.4 Å². The van der Waals surface area contributed by atoms with Gasteiger partial charge in [-0.15, -0.1) is 0 Å². The number of nitrogens with one attached hydrogen (secondary N) is 1. The Hall–Kier alpha value is -3.17. The number of hydrogen-bond acceptors (Lipinski definition) is 6. The first kappa shape index (κ1) is 18.6. The lowest BCUT2D eigenvalue weighted by Crippen LogP contribution is -2.40. The summed E-state index contributed by atoms with van der Waals surface area (Å²) in [6.45, 7) is 3.98. The highest BCUT2D eigenvalue weighted by Gasteiger charge is 2.33. The summed E-state index contributed by atoms with van der Waals surface area (Å²) in [4.78, 5) is 37.2. The Labute approximate surface area is 155 Å². The quantitative estimate of drug-likeness (QED) is 0.841. The molecular weight excluding hydrogens is 357 g/mol. The number of carbonyl (C=O) groups is 3. The van der Waals surface area contributed by atoms with E-state index in [-0.39, 0.29) is 24.9 Å². The Balaban J connectivity index is 1.70. The highest BCUT2D eigenvalue weighted by Crippen LogP contribution is 2.28. The van der Waals surface area contributed by atoms with E-state index >= 15 is 0 Å². The van der Waals surface area contributed by atoms with Gasteiger partial charge in [0.1, 0.15) is 18.3 Å². The van der Waals surface area contributed by atoms with Crippen molar-refractivity contribution in [3.63, 3.8) is 0 Å². The number of nitrogens with zero attached hydrogens (tertiary/aromatic N) is 4. The second-order valence-corrected chi connectivity index (χ2v) is 6.26. The Kier molecular flexibility index (Phi) is 5.24. The van der Waals surface area contributed by atoms with Gasteiger partial charge in [-0.2, -0.15) is 5.10 Å². The molecular formula is C17H20FN5O4. The zero-order valence-corrected chi connectivity index (χ0v) is 15.0. The Morgan fingerprint density at radius 3 is 2.70 bits per heavy atom. The first-order valence-corrected chi connectivity index (χ1v) is 8.46. The normalized spacial score (nSPS) is 19.3. The molecule has 1 aromatic rings. The van der Waals surface area contributed by atoms with Gasteiger partial charge in [0.25, 0.3) is 0 Å². The van der Waals surface area contributed by atoms with Gasteiger partial charge in [-0.25, -0.2) is 14.2 Å². The zero-order valence-electron chi connectivity index (χ0n) is 15.0. The first-order valence-electron chi connectivity index (χ1n) is 8.46. The molecule has 1 saturated heterocycles. The van der Waals surface area contributed by atoms with Crippen LogP contribution in [0.2, 0.25) is 0 Å². The number of cyclic esters (lactones) is 1. The third kappa shape index (κ3) is 4.15. The first-order chi connectivity index (χ1) is 12.8. The van der Waals surface area contributed by atoms with E-state index in [1.165, 1.54) is 36.2 Å². The van der Waals surface area contributed by atoms with Crippen molar-refractivity contribution in [2.45, 2.75) is 20.0 Å². The largest absolute Gasteiger partial charge is 0.442 e. The second kappa shape index (κ2) is 7.60. The molecule has 2 aliphatic rings. The average Bonchev–Trinajstić information content (AvgIpc) is 3.01. The van der Waals surface area contributed by atoms with Gasteiger partial charge < -0.3 is 15.0 Å². The lowest BCUT2D eigenvalue weighted by molar-refractivity contribution is -0.128. The fourth-order valence-electron chi connectivity index (χ4n) is 2.86. The van der Waals surface area contributed by atoms with E-state index < -0.39 is 18.0 Å². The van der Waals surface area contributed by atoms with E-state index in [1.54, 1.807) is 17.0 Å². The number of benzene rings is 1. The molecule has 0 aromatic heterocycles. The van der Waals surface area contributed by atoms with Crippen molar-refractivity contribution in [1.29, 1.82) is 0 Å². The highest BCUT2D eigenvalue weighted by atomic mass is 19.1. The van der Waals surface area contributed by atoms with Gasteiger partial charge in [-0.05, 0) is 18.2 Å².